The van der Waals surface area contributed by atoms with Gasteiger partial charge in [-0.25, -0.2) is 4.39 Å². The smallest absolute Gasteiger partial charge is 0.277 e. The Morgan fingerprint density at radius 3 is 2.63 bits per heavy atom. The van der Waals surface area contributed by atoms with Crippen LogP contribution in [0, 0.1) is 5.82 Å². The zero-order valence-corrected chi connectivity index (χ0v) is 15.8. The number of nitrogens with zero attached hydrogens (tertiary/aromatic N) is 1. The third-order valence-corrected chi connectivity index (χ3v) is 4.83. The highest BCUT2D eigenvalue weighted by atomic mass is 19.1. The predicted molar refractivity (Wildman–Crippen MR) is 110 cm³/mol. The fourth-order valence-corrected chi connectivity index (χ4v) is 3.37. The lowest BCUT2D eigenvalue weighted by atomic mass is 10.1. The number of carbonyl (C=O) groups excluding carboxylic acids is 1. The maximum atomic E-state index is 14.0. The standard InChI is InChI=1S/C23H15FN2O4/c1-28-22-10-15-13-6-3-5-9-19(13)29-20(15)11-17(22)25-23(27)18-12-21(30-26-18)14-7-2-4-8-16(14)24/h2-12H,1H3,(H,25,27). The molecule has 1 amide bonds. The number of ether oxygens (including phenoxy) is 1. The van der Waals surface area contributed by atoms with Gasteiger partial charge < -0.3 is 19.0 Å². The molecule has 148 valence electrons. The number of methoxy groups -OCH3 is 1. The normalized spacial score (nSPS) is 11.1. The number of hydrogen-bond acceptors (Lipinski definition) is 5. The zero-order chi connectivity index (χ0) is 20.7. The Bertz CT molecular complexity index is 1400. The molecule has 0 aliphatic rings. The molecule has 1 N–H and O–H groups in total. The summed E-state index contributed by atoms with van der Waals surface area (Å²) < 4.78 is 30.4. The van der Waals surface area contributed by atoms with Crippen molar-refractivity contribution in [2.24, 2.45) is 0 Å². The highest BCUT2D eigenvalue weighted by Crippen LogP contribution is 2.36. The van der Waals surface area contributed by atoms with Crippen molar-refractivity contribution in [2.75, 3.05) is 12.4 Å². The first-order chi connectivity index (χ1) is 14.6. The maximum Gasteiger partial charge on any atom is 0.277 e. The first-order valence-electron chi connectivity index (χ1n) is 9.16. The van der Waals surface area contributed by atoms with E-state index in [1.54, 1.807) is 24.3 Å². The molecular weight excluding hydrogens is 387 g/mol. The Kier molecular flexibility index (Phi) is 4.21. The van der Waals surface area contributed by atoms with Gasteiger partial charge in [-0.15, -0.1) is 0 Å². The van der Waals surface area contributed by atoms with Gasteiger partial charge in [0.05, 0.1) is 18.4 Å². The first-order valence-corrected chi connectivity index (χ1v) is 9.16. The van der Waals surface area contributed by atoms with Crippen LogP contribution in [0.25, 0.3) is 33.3 Å². The van der Waals surface area contributed by atoms with Crippen LogP contribution in [0.2, 0.25) is 0 Å². The second-order valence-corrected chi connectivity index (χ2v) is 6.66. The summed E-state index contributed by atoms with van der Waals surface area (Å²) in [5.41, 5.74) is 2.01. The Labute approximate surface area is 169 Å². The van der Waals surface area contributed by atoms with E-state index in [0.717, 1.165) is 16.4 Å². The average Bonchev–Trinajstić information content (AvgIpc) is 3.38. The van der Waals surface area contributed by atoms with Gasteiger partial charge in [0.25, 0.3) is 5.91 Å². The van der Waals surface area contributed by atoms with Crippen LogP contribution in [0.4, 0.5) is 10.1 Å². The zero-order valence-electron chi connectivity index (χ0n) is 15.8. The van der Waals surface area contributed by atoms with Gasteiger partial charge >= 0.3 is 0 Å². The van der Waals surface area contributed by atoms with Crippen LogP contribution in [-0.4, -0.2) is 18.2 Å². The van der Waals surface area contributed by atoms with Crippen molar-refractivity contribution in [3.05, 3.63) is 78.2 Å². The van der Waals surface area contributed by atoms with E-state index in [9.17, 15) is 9.18 Å². The minimum absolute atomic E-state index is 0.0139. The van der Waals surface area contributed by atoms with E-state index in [4.69, 9.17) is 13.7 Å². The third kappa shape index (κ3) is 2.97. The second kappa shape index (κ2) is 7.04. The van der Waals surface area contributed by atoms with Crippen LogP contribution < -0.4 is 10.1 Å². The minimum atomic E-state index is -0.518. The summed E-state index contributed by atoms with van der Waals surface area (Å²) in [7, 11) is 1.52. The number of anilines is 1. The van der Waals surface area contributed by atoms with Gasteiger partial charge in [0.1, 0.15) is 22.7 Å². The molecule has 30 heavy (non-hydrogen) atoms. The molecule has 0 spiro atoms. The van der Waals surface area contributed by atoms with Gasteiger partial charge in [-0.05, 0) is 24.3 Å². The number of halogens is 1. The molecule has 5 aromatic rings. The quantitative estimate of drug-likeness (QED) is 0.421. The van der Waals surface area contributed by atoms with E-state index in [0.29, 0.717) is 17.0 Å². The topological polar surface area (TPSA) is 77.5 Å². The monoisotopic (exact) mass is 402 g/mol. The van der Waals surface area contributed by atoms with E-state index in [1.165, 1.54) is 19.2 Å². The van der Waals surface area contributed by atoms with Crippen LogP contribution in [0.1, 0.15) is 10.5 Å². The van der Waals surface area contributed by atoms with Gasteiger partial charge in [-0.3, -0.25) is 4.79 Å². The number of furan rings is 1. The molecular formula is C23H15FN2O4. The van der Waals surface area contributed by atoms with Crippen molar-refractivity contribution in [1.82, 2.24) is 5.16 Å². The molecule has 0 atom stereocenters. The third-order valence-electron chi connectivity index (χ3n) is 4.83. The molecule has 0 radical (unpaired) electrons. The minimum Gasteiger partial charge on any atom is -0.495 e. The number of carbonyl (C=O) groups is 1. The molecule has 0 aliphatic carbocycles. The van der Waals surface area contributed by atoms with Gasteiger partial charge in [-0.2, -0.15) is 0 Å². The molecule has 2 aromatic heterocycles. The fourth-order valence-electron chi connectivity index (χ4n) is 3.37. The summed E-state index contributed by atoms with van der Waals surface area (Å²) in [6.45, 7) is 0. The number of rotatable bonds is 4. The summed E-state index contributed by atoms with van der Waals surface area (Å²) in [4.78, 5) is 12.7. The summed E-state index contributed by atoms with van der Waals surface area (Å²) in [5.74, 6) is -0.342. The molecule has 0 unspecified atom stereocenters. The van der Waals surface area contributed by atoms with Gasteiger partial charge in [0.2, 0.25) is 0 Å². The van der Waals surface area contributed by atoms with Crippen LogP contribution in [0.5, 0.6) is 5.75 Å². The molecule has 6 nitrogen and oxygen atoms in total. The van der Waals surface area contributed by atoms with Crippen molar-refractivity contribution < 1.29 is 22.9 Å². The fraction of sp³-hybridized carbons (Fsp3) is 0.0435. The van der Waals surface area contributed by atoms with E-state index in [-0.39, 0.29) is 17.0 Å². The van der Waals surface area contributed by atoms with E-state index >= 15 is 0 Å². The lowest BCUT2D eigenvalue weighted by Gasteiger charge is -2.09. The summed E-state index contributed by atoms with van der Waals surface area (Å²) in [6, 6.07) is 18.7. The second-order valence-electron chi connectivity index (χ2n) is 6.66. The van der Waals surface area contributed by atoms with Gasteiger partial charge in [0.15, 0.2) is 11.5 Å². The molecule has 5 rings (SSSR count). The van der Waals surface area contributed by atoms with E-state index in [1.807, 2.05) is 30.3 Å². The van der Waals surface area contributed by atoms with Crippen molar-refractivity contribution >= 4 is 33.5 Å². The largest absolute Gasteiger partial charge is 0.495 e. The van der Waals surface area contributed by atoms with Crippen LogP contribution >= 0.6 is 0 Å². The van der Waals surface area contributed by atoms with Crippen molar-refractivity contribution in [2.45, 2.75) is 0 Å². The highest BCUT2D eigenvalue weighted by Gasteiger charge is 2.19. The first kappa shape index (κ1) is 17.9. The van der Waals surface area contributed by atoms with Crippen LogP contribution in [0.15, 0.2) is 75.7 Å². The molecule has 0 saturated carbocycles. The maximum absolute atomic E-state index is 14.0. The molecule has 3 aromatic carbocycles. The van der Waals surface area contributed by atoms with Crippen molar-refractivity contribution in [1.29, 1.82) is 0 Å². The summed E-state index contributed by atoms with van der Waals surface area (Å²) >= 11 is 0. The summed E-state index contributed by atoms with van der Waals surface area (Å²) in [6.07, 6.45) is 0. The molecule has 2 heterocycles. The number of hydrogen-bond donors (Lipinski definition) is 1. The SMILES string of the molecule is COc1cc2c(cc1NC(=O)c1cc(-c3ccccc3F)on1)oc1ccccc12. The predicted octanol–water partition coefficient (Wildman–Crippen LogP) is 5.64. The number of amides is 1. The highest BCUT2D eigenvalue weighted by molar-refractivity contribution is 6.09. The van der Waals surface area contributed by atoms with Gasteiger partial charge in [0, 0.05) is 22.9 Å². The number of nitrogens with one attached hydrogen (secondary N) is 1. The van der Waals surface area contributed by atoms with Crippen LogP contribution in [-0.2, 0) is 0 Å². The molecule has 7 heteroatoms. The van der Waals surface area contributed by atoms with Crippen molar-refractivity contribution in [3.63, 3.8) is 0 Å². The number of aromatic nitrogens is 1. The Morgan fingerprint density at radius 2 is 1.80 bits per heavy atom. The van der Waals surface area contributed by atoms with Crippen LogP contribution in [0.3, 0.4) is 0 Å². The number of para-hydroxylation sites is 1. The number of fused-ring (bicyclic) bond motifs is 3. The van der Waals surface area contributed by atoms with Gasteiger partial charge in [-0.1, -0.05) is 35.5 Å². The molecule has 0 saturated heterocycles. The molecule has 0 bridgehead atoms. The lowest BCUT2D eigenvalue weighted by Crippen LogP contribution is -2.12. The molecule has 0 fully saturated rings. The van der Waals surface area contributed by atoms with E-state index in [2.05, 4.69) is 10.5 Å². The Hall–Kier alpha value is -4.13. The van der Waals surface area contributed by atoms with Crippen molar-refractivity contribution in [3.8, 4) is 17.1 Å². The Morgan fingerprint density at radius 1 is 1.00 bits per heavy atom. The Balaban J connectivity index is 1.49. The number of benzene rings is 3. The lowest BCUT2D eigenvalue weighted by molar-refractivity contribution is 0.101. The molecule has 0 aliphatic heterocycles. The van der Waals surface area contributed by atoms with E-state index < -0.39 is 11.7 Å². The average molecular weight is 402 g/mol. The summed E-state index contributed by atoms with van der Waals surface area (Å²) in [5, 5.41) is 8.35.